The molecule has 2 atom stereocenters. The van der Waals surface area contributed by atoms with Crippen molar-refractivity contribution in [3.63, 3.8) is 0 Å². The van der Waals surface area contributed by atoms with E-state index in [2.05, 4.69) is 5.32 Å². The van der Waals surface area contributed by atoms with Gasteiger partial charge in [-0.2, -0.15) is 26.3 Å². The van der Waals surface area contributed by atoms with Crippen LogP contribution >= 0.6 is 0 Å². The van der Waals surface area contributed by atoms with E-state index < -0.39 is 41.0 Å². The molecule has 0 aromatic heterocycles. The minimum atomic E-state index is -5.02. The van der Waals surface area contributed by atoms with Gasteiger partial charge in [-0.05, 0) is 61.6 Å². The van der Waals surface area contributed by atoms with Gasteiger partial charge in [0.2, 0.25) is 0 Å². The monoisotopic (exact) mass is 534 g/mol. The third-order valence-electron chi connectivity index (χ3n) is 6.81. The molecular formula is C29H28F6N2O. The van der Waals surface area contributed by atoms with Gasteiger partial charge in [0, 0.05) is 24.2 Å². The summed E-state index contributed by atoms with van der Waals surface area (Å²) in [6.45, 7) is 0.931. The lowest BCUT2D eigenvalue weighted by molar-refractivity contribution is -0.143. The maximum absolute atomic E-state index is 13.4. The van der Waals surface area contributed by atoms with Crippen LogP contribution in [0.3, 0.4) is 0 Å². The largest absolute Gasteiger partial charge is 0.416 e. The molecule has 1 aliphatic heterocycles. The first-order valence-corrected chi connectivity index (χ1v) is 12.4. The zero-order valence-electron chi connectivity index (χ0n) is 20.5. The average molecular weight is 535 g/mol. The number of rotatable bonds is 7. The second-order valence-corrected chi connectivity index (χ2v) is 9.55. The van der Waals surface area contributed by atoms with Crippen LogP contribution in [0.25, 0.3) is 0 Å². The molecule has 3 aromatic rings. The Labute approximate surface area is 217 Å². The standard InChI is InChI=1S/C29H28F6N2O/c30-28(31,32)23-16-22(17-24(18-23)29(33,34)35)27(38)37-14-12-25(36-13-11-20-7-3-1-4-8-20)19-26(37)15-21-9-5-2-6-10-21/h1-10,16-18,25-26,36H,11-15,19H2/t25-,26+/m0/s1. The molecule has 1 amide bonds. The van der Waals surface area contributed by atoms with Crippen molar-refractivity contribution in [1.82, 2.24) is 10.2 Å². The summed E-state index contributed by atoms with van der Waals surface area (Å²) in [5, 5.41) is 3.51. The first-order valence-electron chi connectivity index (χ1n) is 12.4. The Morgan fingerprint density at radius 2 is 1.37 bits per heavy atom. The van der Waals surface area contributed by atoms with Crippen molar-refractivity contribution in [3.05, 3.63) is 107 Å². The number of hydrogen-bond donors (Lipinski definition) is 1. The summed E-state index contributed by atoms with van der Waals surface area (Å²) in [5.41, 5.74) is -1.49. The zero-order chi connectivity index (χ0) is 27.3. The highest BCUT2D eigenvalue weighted by molar-refractivity contribution is 5.95. The highest BCUT2D eigenvalue weighted by Crippen LogP contribution is 2.37. The van der Waals surface area contributed by atoms with Gasteiger partial charge in [0.1, 0.15) is 0 Å². The molecule has 0 aliphatic carbocycles. The molecule has 1 aliphatic rings. The van der Waals surface area contributed by atoms with Gasteiger partial charge < -0.3 is 10.2 Å². The van der Waals surface area contributed by atoms with E-state index in [-0.39, 0.29) is 18.7 Å². The molecule has 0 bridgehead atoms. The number of likely N-dealkylation sites (tertiary alicyclic amines) is 1. The van der Waals surface area contributed by atoms with E-state index in [9.17, 15) is 31.1 Å². The van der Waals surface area contributed by atoms with Crippen molar-refractivity contribution >= 4 is 5.91 Å². The van der Waals surface area contributed by atoms with Gasteiger partial charge >= 0.3 is 12.4 Å². The Kier molecular flexibility index (Phi) is 8.45. The molecule has 38 heavy (non-hydrogen) atoms. The van der Waals surface area contributed by atoms with Gasteiger partial charge in [0.05, 0.1) is 11.1 Å². The van der Waals surface area contributed by atoms with Crippen LogP contribution in [0.1, 0.15) is 45.5 Å². The van der Waals surface area contributed by atoms with Crippen molar-refractivity contribution < 1.29 is 31.1 Å². The molecule has 9 heteroatoms. The number of hydrogen-bond acceptors (Lipinski definition) is 2. The number of nitrogens with one attached hydrogen (secondary N) is 1. The Morgan fingerprint density at radius 3 is 1.92 bits per heavy atom. The summed E-state index contributed by atoms with van der Waals surface area (Å²) in [7, 11) is 0. The van der Waals surface area contributed by atoms with Crippen LogP contribution in [0.4, 0.5) is 26.3 Å². The van der Waals surface area contributed by atoms with E-state index in [1.54, 1.807) is 0 Å². The molecule has 0 radical (unpaired) electrons. The van der Waals surface area contributed by atoms with Crippen LogP contribution in [-0.4, -0.2) is 36.0 Å². The second-order valence-electron chi connectivity index (χ2n) is 9.55. The van der Waals surface area contributed by atoms with Crippen LogP contribution in [0.5, 0.6) is 0 Å². The summed E-state index contributed by atoms with van der Waals surface area (Å²) in [4.78, 5) is 14.9. The highest BCUT2D eigenvalue weighted by Gasteiger charge is 2.39. The van der Waals surface area contributed by atoms with Crippen molar-refractivity contribution in [3.8, 4) is 0 Å². The van der Waals surface area contributed by atoms with E-state index in [0.29, 0.717) is 37.9 Å². The fourth-order valence-corrected chi connectivity index (χ4v) is 4.89. The van der Waals surface area contributed by atoms with Crippen LogP contribution < -0.4 is 5.32 Å². The Morgan fingerprint density at radius 1 is 0.816 bits per heavy atom. The summed E-state index contributed by atoms with van der Waals surface area (Å²) in [5.74, 6) is -0.828. The molecule has 3 aromatic carbocycles. The maximum Gasteiger partial charge on any atom is 0.416 e. The van der Waals surface area contributed by atoms with Gasteiger partial charge in [-0.15, -0.1) is 0 Å². The van der Waals surface area contributed by atoms with Gasteiger partial charge in [-0.3, -0.25) is 4.79 Å². The van der Waals surface area contributed by atoms with E-state index in [1.165, 1.54) is 10.5 Å². The first kappa shape index (κ1) is 27.7. The van der Waals surface area contributed by atoms with Crippen molar-refractivity contribution in [2.24, 2.45) is 0 Å². The zero-order valence-corrected chi connectivity index (χ0v) is 20.5. The molecule has 1 heterocycles. The number of carbonyl (C=O) groups excluding carboxylic acids is 1. The average Bonchev–Trinajstić information content (AvgIpc) is 2.88. The van der Waals surface area contributed by atoms with Crippen LogP contribution in [0.2, 0.25) is 0 Å². The molecule has 1 fully saturated rings. The van der Waals surface area contributed by atoms with Crippen LogP contribution in [0, 0.1) is 0 Å². The van der Waals surface area contributed by atoms with Gasteiger partial charge in [-0.25, -0.2) is 0 Å². The second kappa shape index (κ2) is 11.6. The molecule has 1 saturated heterocycles. The van der Waals surface area contributed by atoms with E-state index >= 15 is 0 Å². The number of alkyl halides is 6. The number of nitrogens with zero attached hydrogens (tertiary/aromatic N) is 1. The quantitative estimate of drug-likeness (QED) is 0.339. The SMILES string of the molecule is O=C(c1cc(C(F)(F)F)cc(C(F)(F)F)c1)N1CC[C@H](NCCc2ccccc2)C[C@H]1Cc1ccccc1. The minimum Gasteiger partial charge on any atom is -0.335 e. The van der Waals surface area contributed by atoms with Crippen LogP contribution in [-0.2, 0) is 25.2 Å². The number of amides is 1. The fraction of sp³-hybridized carbons (Fsp3) is 0.345. The predicted molar refractivity (Wildman–Crippen MR) is 133 cm³/mol. The van der Waals surface area contributed by atoms with Gasteiger partial charge in [0.25, 0.3) is 5.91 Å². The third-order valence-corrected chi connectivity index (χ3v) is 6.81. The third kappa shape index (κ3) is 7.16. The lowest BCUT2D eigenvalue weighted by Crippen LogP contribution is -2.52. The van der Waals surface area contributed by atoms with Crippen molar-refractivity contribution in [2.45, 2.75) is 50.1 Å². The van der Waals surface area contributed by atoms with E-state index in [1.807, 2.05) is 60.7 Å². The smallest absolute Gasteiger partial charge is 0.335 e. The Hall–Kier alpha value is -3.33. The maximum atomic E-state index is 13.4. The number of carbonyl (C=O) groups is 1. The predicted octanol–water partition coefficient (Wildman–Crippen LogP) is 6.77. The van der Waals surface area contributed by atoms with Gasteiger partial charge in [-0.1, -0.05) is 60.7 Å². The normalized spacial score (nSPS) is 18.4. The number of benzene rings is 3. The molecule has 4 rings (SSSR count). The van der Waals surface area contributed by atoms with E-state index in [0.717, 1.165) is 12.0 Å². The van der Waals surface area contributed by atoms with Crippen molar-refractivity contribution in [1.29, 1.82) is 0 Å². The molecular weight excluding hydrogens is 506 g/mol. The Bertz CT molecular complexity index is 1180. The highest BCUT2D eigenvalue weighted by atomic mass is 19.4. The summed E-state index contributed by atoms with van der Waals surface area (Å²) in [6, 6.07) is 20.0. The molecule has 3 nitrogen and oxygen atoms in total. The first-order chi connectivity index (χ1) is 18.0. The van der Waals surface area contributed by atoms with Crippen molar-refractivity contribution in [2.75, 3.05) is 13.1 Å². The van der Waals surface area contributed by atoms with E-state index in [4.69, 9.17) is 0 Å². The molecule has 0 unspecified atom stereocenters. The fourth-order valence-electron chi connectivity index (χ4n) is 4.89. The molecule has 0 saturated carbocycles. The molecule has 1 N–H and O–H groups in total. The van der Waals surface area contributed by atoms with Crippen LogP contribution in [0.15, 0.2) is 78.9 Å². The summed E-state index contributed by atoms with van der Waals surface area (Å²) >= 11 is 0. The summed E-state index contributed by atoms with van der Waals surface area (Å²) < 4.78 is 80.4. The lowest BCUT2D eigenvalue weighted by atomic mass is 9.91. The molecule has 0 spiro atoms. The van der Waals surface area contributed by atoms with Gasteiger partial charge in [0.15, 0.2) is 0 Å². The lowest BCUT2D eigenvalue weighted by Gasteiger charge is -2.40. The topological polar surface area (TPSA) is 32.3 Å². The number of halogens is 6. The summed E-state index contributed by atoms with van der Waals surface area (Å²) in [6.07, 6.45) is -7.72. The minimum absolute atomic E-state index is 0.0428. The number of piperidine rings is 1. The molecule has 202 valence electrons. The Balaban J connectivity index is 1.55.